The number of benzene rings is 10. The zero-order valence-electron chi connectivity index (χ0n) is 34.6. The summed E-state index contributed by atoms with van der Waals surface area (Å²) in [6, 6.07) is 91.3. The van der Waals surface area contributed by atoms with E-state index in [1.165, 1.54) is 55.3 Å². The summed E-state index contributed by atoms with van der Waals surface area (Å²) in [6.07, 6.45) is 0. The highest BCUT2D eigenvalue weighted by atomic mass is 15.1. The molecular weight excluding hydrogens is 763 g/mol. The van der Waals surface area contributed by atoms with E-state index in [1.54, 1.807) is 0 Å². The van der Waals surface area contributed by atoms with Gasteiger partial charge in [-0.2, -0.15) is 0 Å². The lowest BCUT2D eigenvalue weighted by Crippen LogP contribution is -2.09. The van der Waals surface area contributed by atoms with E-state index in [0.717, 1.165) is 45.2 Å². The number of fused-ring (bicyclic) bond motifs is 3. The molecule has 0 aliphatic heterocycles. The van der Waals surface area contributed by atoms with Gasteiger partial charge in [-0.05, 0) is 142 Å². The maximum absolute atomic E-state index is 3.68. The van der Waals surface area contributed by atoms with Crippen LogP contribution in [0.1, 0.15) is 0 Å². The summed E-state index contributed by atoms with van der Waals surface area (Å²) in [6.45, 7) is 0. The predicted octanol–water partition coefficient (Wildman–Crippen LogP) is 16.9. The Balaban J connectivity index is 0.903. The van der Waals surface area contributed by atoms with E-state index in [-0.39, 0.29) is 0 Å². The summed E-state index contributed by atoms with van der Waals surface area (Å²) in [5.74, 6) is 0. The Hall–Kier alpha value is -8.40. The Labute approximate surface area is 368 Å². The highest BCUT2D eigenvalue weighted by Gasteiger charge is 2.16. The van der Waals surface area contributed by atoms with Crippen LogP contribution in [0, 0.1) is 0 Å². The second-order valence-corrected chi connectivity index (χ2v) is 15.9. The van der Waals surface area contributed by atoms with Crippen molar-refractivity contribution in [1.82, 2.24) is 4.98 Å². The van der Waals surface area contributed by atoms with Crippen molar-refractivity contribution < 1.29 is 0 Å². The lowest BCUT2D eigenvalue weighted by molar-refractivity contribution is 1.28. The molecule has 298 valence electrons. The molecule has 0 unspecified atom stereocenters. The largest absolute Gasteiger partial charge is 0.355 e. The van der Waals surface area contributed by atoms with Gasteiger partial charge < -0.3 is 14.8 Å². The van der Waals surface area contributed by atoms with Crippen molar-refractivity contribution in [3.8, 4) is 44.5 Å². The molecule has 1 N–H and O–H groups in total. The number of H-pyrrole nitrogens is 1. The van der Waals surface area contributed by atoms with Crippen LogP contribution in [0.5, 0.6) is 0 Å². The maximum atomic E-state index is 3.68. The molecule has 1 aromatic heterocycles. The molecule has 0 atom stereocenters. The van der Waals surface area contributed by atoms with Gasteiger partial charge in [0.1, 0.15) is 0 Å². The Morgan fingerprint density at radius 2 is 0.492 bits per heavy atom. The summed E-state index contributed by atoms with van der Waals surface area (Å²) in [4.78, 5) is 8.33. The first kappa shape index (κ1) is 37.6. The summed E-state index contributed by atoms with van der Waals surface area (Å²) in [5.41, 5.74) is 18.4. The molecule has 63 heavy (non-hydrogen) atoms. The SMILES string of the molecule is c1ccc(-c2cccc(N(c3ccccc3)c3ccc(-c4ccc5[nH]c6ccc(-c7ccc(N(c8ccccc8)c8cccc(-c9ccccc9)c8)cc7)cc6c5c4)cc3)c2)cc1. The first-order valence-corrected chi connectivity index (χ1v) is 21.5. The van der Waals surface area contributed by atoms with Crippen molar-refractivity contribution in [2.75, 3.05) is 9.80 Å². The lowest BCUT2D eigenvalue weighted by atomic mass is 9.99. The van der Waals surface area contributed by atoms with Crippen LogP contribution in [-0.2, 0) is 0 Å². The number of rotatable bonds is 10. The average Bonchev–Trinajstić information content (AvgIpc) is 3.73. The second kappa shape index (κ2) is 16.6. The number of hydrogen-bond donors (Lipinski definition) is 1. The number of aromatic nitrogens is 1. The second-order valence-electron chi connectivity index (χ2n) is 15.9. The fraction of sp³-hybridized carbons (Fsp3) is 0. The third-order valence-corrected chi connectivity index (χ3v) is 12.0. The van der Waals surface area contributed by atoms with E-state index < -0.39 is 0 Å². The van der Waals surface area contributed by atoms with Crippen LogP contribution in [0.4, 0.5) is 34.1 Å². The molecule has 1 heterocycles. The lowest BCUT2D eigenvalue weighted by Gasteiger charge is -2.26. The van der Waals surface area contributed by atoms with Crippen molar-refractivity contribution in [1.29, 1.82) is 0 Å². The molecule has 0 aliphatic carbocycles. The molecule has 10 aromatic carbocycles. The third kappa shape index (κ3) is 7.54. The fourth-order valence-corrected chi connectivity index (χ4v) is 8.82. The summed E-state index contributed by atoms with van der Waals surface area (Å²) in [5, 5.41) is 2.42. The quantitative estimate of drug-likeness (QED) is 0.149. The smallest absolute Gasteiger partial charge is 0.0467 e. The zero-order valence-corrected chi connectivity index (χ0v) is 34.6. The summed E-state index contributed by atoms with van der Waals surface area (Å²) in [7, 11) is 0. The van der Waals surface area contributed by atoms with E-state index in [2.05, 4.69) is 270 Å². The molecule has 3 heteroatoms. The minimum Gasteiger partial charge on any atom is -0.355 e. The first-order valence-electron chi connectivity index (χ1n) is 21.5. The highest BCUT2D eigenvalue weighted by molar-refractivity contribution is 6.09. The van der Waals surface area contributed by atoms with Crippen molar-refractivity contribution in [2.24, 2.45) is 0 Å². The van der Waals surface area contributed by atoms with Gasteiger partial charge in [0.05, 0.1) is 0 Å². The van der Waals surface area contributed by atoms with E-state index >= 15 is 0 Å². The minimum atomic E-state index is 1.10. The Kier molecular flexibility index (Phi) is 9.89. The molecule has 0 spiro atoms. The van der Waals surface area contributed by atoms with Crippen LogP contribution in [-0.4, -0.2) is 4.98 Å². The molecule has 0 saturated heterocycles. The average molecular weight is 806 g/mol. The Bertz CT molecular complexity index is 3080. The van der Waals surface area contributed by atoms with E-state index in [0.29, 0.717) is 0 Å². The molecule has 0 aliphatic rings. The van der Waals surface area contributed by atoms with Crippen LogP contribution in [0.15, 0.2) is 255 Å². The molecule has 0 saturated carbocycles. The van der Waals surface area contributed by atoms with E-state index in [4.69, 9.17) is 0 Å². The first-order chi connectivity index (χ1) is 31.2. The van der Waals surface area contributed by atoms with E-state index in [1.807, 2.05) is 0 Å². The topological polar surface area (TPSA) is 22.3 Å². The van der Waals surface area contributed by atoms with Gasteiger partial charge in [-0.1, -0.05) is 158 Å². The number of nitrogens with one attached hydrogen (secondary N) is 1. The van der Waals surface area contributed by atoms with Gasteiger partial charge in [0.15, 0.2) is 0 Å². The van der Waals surface area contributed by atoms with Crippen molar-refractivity contribution >= 4 is 55.9 Å². The normalized spacial score (nSPS) is 11.2. The van der Waals surface area contributed by atoms with Crippen molar-refractivity contribution in [3.05, 3.63) is 255 Å². The maximum Gasteiger partial charge on any atom is 0.0467 e. The van der Waals surface area contributed by atoms with Gasteiger partial charge in [-0.15, -0.1) is 0 Å². The number of para-hydroxylation sites is 2. The molecule has 3 nitrogen and oxygen atoms in total. The molecule has 0 amide bonds. The summed E-state index contributed by atoms with van der Waals surface area (Å²) >= 11 is 0. The Morgan fingerprint density at radius 1 is 0.206 bits per heavy atom. The molecule has 11 rings (SSSR count). The molecule has 0 fully saturated rings. The van der Waals surface area contributed by atoms with Gasteiger partial charge in [-0.3, -0.25) is 0 Å². The van der Waals surface area contributed by atoms with Crippen LogP contribution >= 0.6 is 0 Å². The van der Waals surface area contributed by atoms with Crippen LogP contribution < -0.4 is 9.80 Å². The number of anilines is 6. The highest BCUT2D eigenvalue weighted by Crippen LogP contribution is 2.40. The molecular formula is C60H43N3. The number of hydrogen-bond acceptors (Lipinski definition) is 2. The summed E-state index contributed by atoms with van der Waals surface area (Å²) < 4.78 is 0. The monoisotopic (exact) mass is 805 g/mol. The van der Waals surface area contributed by atoms with Gasteiger partial charge in [0.2, 0.25) is 0 Å². The zero-order chi connectivity index (χ0) is 42.0. The van der Waals surface area contributed by atoms with Crippen molar-refractivity contribution in [3.63, 3.8) is 0 Å². The van der Waals surface area contributed by atoms with Crippen LogP contribution in [0.2, 0.25) is 0 Å². The molecule has 0 radical (unpaired) electrons. The van der Waals surface area contributed by atoms with E-state index in [9.17, 15) is 0 Å². The van der Waals surface area contributed by atoms with Gasteiger partial charge in [0.25, 0.3) is 0 Å². The van der Waals surface area contributed by atoms with Gasteiger partial charge in [-0.25, -0.2) is 0 Å². The molecule has 11 aromatic rings. The minimum absolute atomic E-state index is 1.10. The van der Waals surface area contributed by atoms with Gasteiger partial charge in [0, 0.05) is 55.9 Å². The standard InChI is InChI=1S/C60H43N3/c1-5-15-43(16-6-1)47-19-13-25-55(39-47)62(51-21-9-3-10-22-51)53-33-27-45(28-34-53)49-31-37-59-57(41-49)58-42-50(32-38-60(58)61-59)46-29-35-54(36-30-46)63(52-23-11-4-12-24-52)56-26-14-20-48(40-56)44-17-7-2-8-18-44/h1-42,61H. The Morgan fingerprint density at radius 3 is 0.889 bits per heavy atom. The fourth-order valence-electron chi connectivity index (χ4n) is 8.82. The predicted molar refractivity (Wildman–Crippen MR) is 267 cm³/mol. The number of nitrogens with zero attached hydrogens (tertiary/aromatic N) is 2. The van der Waals surface area contributed by atoms with Gasteiger partial charge >= 0.3 is 0 Å². The van der Waals surface area contributed by atoms with Crippen LogP contribution in [0.3, 0.4) is 0 Å². The third-order valence-electron chi connectivity index (χ3n) is 12.0. The van der Waals surface area contributed by atoms with Crippen LogP contribution in [0.25, 0.3) is 66.3 Å². The van der Waals surface area contributed by atoms with Crippen molar-refractivity contribution in [2.45, 2.75) is 0 Å². The molecule has 0 bridgehead atoms. The number of aromatic amines is 1.